The number of hydrogen-bond donors (Lipinski definition) is 1. The molecular formula is C33H38N8O. The molecule has 8 bridgehead atoms. The molecule has 2 aromatic carbocycles. The van der Waals surface area contributed by atoms with Crippen molar-refractivity contribution in [3.8, 4) is 11.3 Å². The molecule has 0 radical (unpaired) electrons. The molecule has 1 saturated heterocycles. The van der Waals surface area contributed by atoms with Gasteiger partial charge in [-0.15, -0.1) is 0 Å². The van der Waals surface area contributed by atoms with Crippen LogP contribution >= 0.6 is 0 Å². The van der Waals surface area contributed by atoms with Crippen LogP contribution in [0.3, 0.4) is 0 Å². The van der Waals surface area contributed by atoms with E-state index in [1.54, 1.807) is 6.20 Å². The second-order valence-electron chi connectivity index (χ2n) is 11.2. The molecule has 2 aromatic heterocycles. The van der Waals surface area contributed by atoms with Crippen molar-refractivity contribution >= 4 is 23.4 Å². The average molecular weight is 563 g/mol. The Kier molecular flexibility index (Phi) is 8.39. The number of carbonyl (C=O) groups is 1. The van der Waals surface area contributed by atoms with Crippen molar-refractivity contribution in [1.82, 2.24) is 29.7 Å². The number of amides is 1. The molecule has 9 rings (SSSR count). The van der Waals surface area contributed by atoms with E-state index in [2.05, 4.69) is 55.3 Å². The van der Waals surface area contributed by atoms with Crippen LogP contribution in [0.1, 0.15) is 23.6 Å². The van der Waals surface area contributed by atoms with Gasteiger partial charge in [0.1, 0.15) is 11.9 Å². The predicted molar refractivity (Wildman–Crippen MR) is 167 cm³/mol. The van der Waals surface area contributed by atoms with Gasteiger partial charge in [-0.2, -0.15) is 0 Å². The first-order valence-electron chi connectivity index (χ1n) is 14.7. The molecule has 1 fully saturated rings. The predicted octanol–water partition coefficient (Wildman–Crippen LogP) is 4.44. The van der Waals surface area contributed by atoms with Gasteiger partial charge in [0.05, 0.1) is 5.69 Å². The molecule has 7 heterocycles. The van der Waals surface area contributed by atoms with Crippen molar-refractivity contribution in [1.29, 1.82) is 0 Å². The molecule has 0 aliphatic carbocycles. The van der Waals surface area contributed by atoms with Crippen LogP contribution in [0.2, 0.25) is 0 Å². The van der Waals surface area contributed by atoms with Gasteiger partial charge in [0, 0.05) is 83.6 Å². The molecule has 42 heavy (non-hydrogen) atoms. The van der Waals surface area contributed by atoms with Gasteiger partial charge in [-0.05, 0) is 47.9 Å². The van der Waals surface area contributed by atoms with Crippen LogP contribution in [0.25, 0.3) is 11.3 Å². The number of piperazine rings is 1. The summed E-state index contributed by atoms with van der Waals surface area (Å²) in [5.41, 5.74) is 4.98. The molecule has 1 amide bonds. The maximum atomic E-state index is 13.9. The summed E-state index contributed by atoms with van der Waals surface area (Å²) in [6.07, 6.45) is 4.47. The Hall–Kier alpha value is -4.34. The van der Waals surface area contributed by atoms with Crippen LogP contribution in [0.15, 0.2) is 85.2 Å². The molecule has 0 saturated carbocycles. The van der Waals surface area contributed by atoms with Crippen LogP contribution in [-0.4, -0.2) is 88.9 Å². The van der Waals surface area contributed by atoms with Gasteiger partial charge in [-0.1, -0.05) is 42.5 Å². The highest BCUT2D eigenvalue weighted by atomic mass is 16.2. The van der Waals surface area contributed by atoms with E-state index < -0.39 is 0 Å². The summed E-state index contributed by atoms with van der Waals surface area (Å²) < 4.78 is 0. The fourth-order valence-corrected chi connectivity index (χ4v) is 5.78. The lowest BCUT2D eigenvalue weighted by Crippen LogP contribution is -2.51. The Labute approximate surface area is 247 Å². The number of rotatable bonds is 1. The maximum absolute atomic E-state index is 13.9. The standard InChI is InChI=1S/C33H38N8O/c1-38-16-7-17-39(2)32(42)31(26-9-4-3-5-10-26)41-20-18-40(19-21-41)24-25-8-6-11-28(22-25)36-33-34-15-14-29(37-33)27-12-13-30(38)35-23-27/h3-6,8-15,22-23,31H,7,16-21,24H2,1-2H3,(H,34,36,37). The normalized spacial score (nSPS) is 21.7. The van der Waals surface area contributed by atoms with Crippen LogP contribution < -0.4 is 10.2 Å². The second kappa shape index (κ2) is 12.7. The average Bonchev–Trinajstić information content (AvgIpc) is 3.02. The second-order valence-corrected chi connectivity index (χ2v) is 11.2. The summed E-state index contributed by atoms with van der Waals surface area (Å²) in [7, 11) is 3.97. The Morgan fingerprint density at radius 2 is 1.62 bits per heavy atom. The van der Waals surface area contributed by atoms with Crippen molar-refractivity contribution in [2.75, 3.05) is 63.6 Å². The van der Waals surface area contributed by atoms with Crippen molar-refractivity contribution in [2.45, 2.75) is 19.0 Å². The lowest BCUT2D eigenvalue weighted by Gasteiger charge is -2.40. The minimum Gasteiger partial charge on any atom is -0.360 e. The first-order chi connectivity index (χ1) is 20.5. The van der Waals surface area contributed by atoms with E-state index in [1.165, 1.54) is 5.56 Å². The minimum atomic E-state index is -0.283. The van der Waals surface area contributed by atoms with E-state index in [0.717, 1.165) is 74.0 Å². The molecule has 5 aliphatic heterocycles. The zero-order valence-electron chi connectivity index (χ0n) is 24.4. The summed E-state index contributed by atoms with van der Waals surface area (Å²) in [6, 6.07) is 24.3. The zero-order chi connectivity index (χ0) is 28.9. The zero-order valence-corrected chi connectivity index (χ0v) is 24.4. The van der Waals surface area contributed by atoms with Gasteiger partial charge in [-0.3, -0.25) is 14.6 Å². The number of pyridine rings is 1. The third-order valence-electron chi connectivity index (χ3n) is 8.16. The first kappa shape index (κ1) is 27.8. The number of benzene rings is 2. The quantitative estimate of drug-likeness (QED) is 0.365. The van der Waals surface area contributed by atoms with Gasteiger partial charge in [0.2, 0.25) is 11.9 Å². The number of aromatic nitrogens is 3. The molecule has 4 aromatic rings. The molecule has 1 atom stereocenters. The third kappa shape index (κ3) is 6.42. The summed E-state index contributed by atoms with van der Waals surface area (Å²) in [5.74, 6) is 1.59. The summed E-state index contributed by atoms with van der Waals surface area (Å²) in [4.78, 5) is 36.7. The Bertz CT molecular complexity index is 1490. The van der Waals surface area contributed by atoms with Crippen LogP contribution in [0, 0.1) is 0 Å². The van der Waals surface area contributed by atoms with Crippen molar-refractivity contribution in [2.24, 2.45) is 0 Å². The summed E-state index contributed by atoms with van der Waals surface area (Å²) in [5, 5.41) is 3.38. The van der Waals surface area contributed by atoms with E-state index in [1.807, 2.05) is 67.7 Å². The van der Waals surface area contributed by atoms with Crippen LogP contribution in [-0.2, 0) is 11.3 Å². The molecule has 1 N–H and O–H groups in total. The fourth-order valence-electron chi connectivity index (χ4n) is 5.78. The number of anilines is 3. The molecule has 5 aliphatic rings. The highest BCUT2D eigenvalue weighted by Crippen LogP contribution is 2.26. The Balaban J connectivity index is 1.28. The number of likely N-dealkylation sites (N-methyl/N-ethyl adjacent to an activating group) is 1. The lowest BCUT2D eigenvalue weighted by atomic mass is 10.0. The SMILES string of the molecule is CN1CCCN(C)c2ccc(cn2)-c2ccnc(n2)Nc2cccc(c2)CN2CCN(CC2)C(c2ccccc2)C1=O. The number of carbonyl (C=O) groups excluding carboxylic acids is 1. The fraction of sp³-hybridized carbons (Fsp3) is 0.333. The third-order valence-corrected chi connectivity index (χ3v) is 8.16. The van der Waals surface area contributed by atoms with Crippen molar-refractivity contribution in [3.05, 3.63) is 96.3 Å². The van der Waals surface area contributed by atoms with Gasteiger partial charge in [0.25, 0.3) is 0 Å². The summed E-state index contributed by atoms with van der Waals surface area (Å²) >= 11 is 0. The van der Waals surface area contributed by atoms with Crippen molar-refractivity contribution in [3.63, 3.8) is 0 Å². The molecule has 0 spiro atoms. The van der Waals surface area contributed by atoms with Gasteiger partial charge in [0.15, 0.2) is 0 Å². The highest BCUT2D eigenvalue weighted by Gasteiger charge is 2.32. The molecule has 1 unspecified atom stereocenters. The van der Waals surface area contributed by atoms with Gasteiger partial charge in [-0.25, -0.2) is 15.0 Å². The monoisotopic (exact) mass is 562 g/mol. The Morgan fingerprint density at radius 1 is 0.810 bits per heavy atom. The molecular weight excluding hydrogens is 524 g/mol. The van der Waals surface area contributed by atoms with E-state index >= 15 is 0 Å². The maximum Gasteiger partial charge on any atom is 0.244 e. The smallest absolute Gasteiger partial charge is 0.244 e. The van der Waals surface area contributed by atoms with Crippen LogP contribution in [0.4, 0.5) is 17.5 Å². The molecule has 9 heteroatoms. The topological polar surface area (TPSA) is 80.7 Å². The van der Waals surface area contributed by atoms with E-state index in [4.69, 9.17) is 9.97 Å². The lowest BCUT2D eigenvalue weighted by molar-refractivity contribution is -0.136. The molecule has 9 nitrogen and oxygen atoms in total. The number of nitrogens with zero attached hydrogens (tertiary/aromatic N) is 7. The van der Waals surface area contributed by atoms with Crippen molar-refractivity contribution < 1.29 is 4.79 Å². The van der Waals surface area contributed by atoms with Crippen LogP contribution in [0.5, 0.6) is 0 Å². The summed E-state index contributed by atoms with van der Waals surface area (Å²) in [6.45, 7) is 5.79. The van der Waals surface area contributed by atoms with E-state index in [0.29, 0.717) is 12.5 Å². The molecule has 216 valence electrons. The minimum absolute atomic E-state index is 0.153. The Morgan fingerprint density at radius 3 is 2.40 bits per heavy atom. The highest BCUT2D eigenvalue weighted by molar-refractivity contribution is 5.83. The van der Waals surface area contributed by atoms with E-state index in [-0.39, 0.29) is 11.9 Å². The number of hydrogen-bond acceptors (Lipinski definition) is 8. The van der Waals surface area contributed by atoms with Gasteiger partial charge < -0.3 is 15.1 Å². The van der Waals surface area contributed by atoms with Gasteiger partial charge >= 0.3 is 0 Å². The largest absolute Gasteiger partial charge is 0.360 e. The number of nitrogens with one attached hydrogen (secondary N) is 1. The first-order valence-corrected chi connectivity index (χ1v) is 14.7. The van der Waals surface area contributed by atoms with E-state index in [9.17, 15) is 4.79 Å².